The summed E-state index contributed by atoms with van der Waals surface area (Å²) < 4.78 is 11.8. The Hall–Kier alpha value is -2.41. The summed E-state index contributed by atoms with van der Waals surface area (Å²) in [6.07, 6.45) is 4.63. The van der Waals surface area contributed by atoms with Crippen molar-refractivity contribution < 1.29 is 14.3 Å². The fourth-order valence-electron chi connectivity index (χ4n) is 1.89. The zero-order valence-corrected chi connectivity index (χ0v) is 15.2. The van der Waals surface area contributed by atoms with E-state index in [9.17, 15) is 4.79 Å². The number of hydrogen-bond acceptors (Lipinski definition) is 5. The van der Waals surface area contributed by atoms with Gasteiger partial charge in [0.15, 0.2) is 11.5 Å². The Balaban J connectivity index is 2.12. The Bertz CT molecular complexity index is 733. The summed E-state index contributed by atoms with van der Waals surface area (Å²) in [5, 5.41) is 3.96. The molecular weight excluding hydrogens is 374 g/mol. The van der Waals surface area contributed by atoms with E-state index >= 15 is 0 Å². The highest BCUT2D eigenvalue weighted by Gasteiger charge is 2.12. The molecule has 0 fully saturated rings. The Labute approximate surface area is 149 Å². The molecule has 0 radical (unpaired) electrons. The lowest BCUT2D eigenvalue weighted by molar-refractivity contribution is 0.0955. The van der Waals surface area contributed by atoms with E-state index in [1.54, 1.807) is 31.5 Å². The number of benzene rings is 1. The molecule has 6 nitrogen and oxygen atoms in total. The van der Waals surface area contributed by atoms with Crippen molar-refractivity contribution in [2.45, 2.75) is 20.0 Å². The Morgan fingerprint density at radius 1 is 1.42 bits per heavy atom. The van der Waals surface area contributed by atoms with Gasteiger partial charge in [-0.05, 0) is 59.6 Å². The number of halogens is 1. The number of carbonyl (C=O) groups excluding carboxylic acids is 1. The minimum atomic E-state index is -0.329. The van der Waals surface area contributed by atoms with Crippen molar-refractivity contribution in [1.82, 2.24) is 10.4 Å². The number of rotatable bonds is 6. The number of methoxy groups -OCH3 is 1. The van der Waals surface area contributed by atoms with E-state index in [4.69, 9.17) is 9.47 Å². The number of hydrogen-bond donors (Lipinski definition) is 1. The lowest BCUT2D eigenvalue weighted by atomic mass is 10.2. The summed E-state index contributed by atoms with van der Waals surface area (Å²) in [7, 11) is 1.57. The van der Waals surface area contributed by atoms with Gasteiger partial charge in [-0.2, -0.15) is 5.10 Å². The van der Waals surface area contributed by atoms with Crippen LogP contribution in [0.2, 0.25) is 0 Å². The van der Waals surface area contributed by atoms with Crippen molar-refractivity contribution in [3.63, 3.8) is 0 Å². The molecule has 7 heteroatoms. The first-order valence-electron chi connectivity index (χ1n) is 7.29. The van der Waals surface area contributed by atoms with Crippen LogP contribution < -0.4 is 14.9 Å². The summed E-state index contributed by atoms with van der Waals surface area (Å²) in [5.41, 5.74) is 3.64. The van der Waals surface area contributed by atoms with Gasteiger partial charge in [-0.3, -0.25) is 9.78 Å². The van der Waals surface area contributed by atoms with Crippen LogP contribution in [0.25, 0.3) is 0 Å². The van der Waals surface area contributed by atoms with E-state index in [0.717, 1.165) is 10.0 Å². The van der Waals surface area contributed by atoms with E-state index in [1.165, 1.54) is 12.4 Å². The fourth-order valence-corrected chi connectivity index (χ4v) is 2.44. The maximum atomic E-state index is 11.9. The minimum Gasteiger partial charge on any atom is -0.493 e. The topological polar surface area (TPSA) is 72.8 Å². The molecule has 2 rings (SSSR count). The summed E-state index contributed by atoms with van der Waals surface area (Å²) in [4.78, 5) is 15.8. The van der Waals surface area contributed by atoms with Gasteiger partial charge >= 0.3 is 0 Å². The molecule has 0 aliphatic rings. The largest absolute Gasteiger partial charge is 0.493 e. The maximum absolute atomic E-state index is 11.9. The summed E-state index contributed by atoms with van der Waals surface area (Å²) in [6, 6.07) is 6.96. The van der Waals surface area contributed by atoms with E-state index in [0.29, 0.717) is 17.1 Å². The summed E-state index contributed by atoms with van der Waals surface area (Å²) in [6.45, 7) is 3.88. The van der Waals surface area contributed by atoms with Crippen molar-refractivity contribution in [2.24, 2.45) is 5.10 Å². The highest BCUT2D eigenvalue weighted by molar-refractivity contribution is 9.10. The second-order valence-electron chi connectivity index (χ2n) is 5.14. The summed E-state index contributed by atoms with van der Waals surface area (Å²) >= 11 is 3.46. The Morgan fingerprint density at radius 3 is 2.83 bits per heavy atom. The van der Waals surface area contributed by atoms with Gasteiger partial charge in [-0.1, -0.05) is 0 Å². The van der Waals surface area contributed by atoms with Crippen molar-refractivity contribution in [3.05, 3.63) is 52.3 Å². The first-order valence-corrected chi connectivity index (χ1v) is 8.08. The molecule has 0 saturated heterocycles. The van der Waals surface area contributed by atoms with Gasteiger partial charge in [0.2, 0.25) is 0 Å². The number of hydrazone groups is 1. The molecule has 2 aromatic rings. The first kappa shape index (κ1) is 17.9. The molecule has 0 saturated carbocycles. The van der Waals surface area contributed by atoms with Crippen LogP contribution in [0.3, 0.4) is 0 Å². The van der Waals surface area contributed by atoms with Gasteiger partial charge in [0, 0.05) is 12.4 Å². The van der Waals surface area contributed by atoms with Gasteiger partial charge in [0.05, 0.1) is 29.5 Å². The predicted molar refractivity (Wildman–Crippen MR) is 95.8 cm³/mol. The second kappa shape index (κ2) is 8.44. The molecule has 0 atom stereocenters. The lowest BCUT2D eigenvalue weighted by Gasteiger charge is -2.15. The average Bonchev–Trinajstić information content (AvgIpc) is 2.57. The SMILES string of the molecule is COc1cc(/C=N\NC(=O)c2cccnc2)cc(Br)c1OC(C)C. The molecule has 0 unspecified atom stereocenters. The fraction of sp³-hybridized carbons (Fsp3) is 0.235. The van der Waals surface area contributed by atoms with Crippen LogP contribution in [-0.4, -0.2) is 30.3 Å². The average molecular weight is 392 g/mol. The Morgan fingerprint density at radius 2 is 2.21 bits per heavy atom. The normalized spacial score (nSPS) is 10.9. The van der Waals surface area contributed by atoms with E-state index in [-0.39, 0.29) is 12.0 Å². The van der Waals surface area contributed by atoms with E-state index in [1.807, 2.05) is 19.9 Å². The van der Waals surface area contributed by atoms with Crippen LogP contribution in [0, 0.1) is 0 Å². The Kier molecular flexibility index (Phi) is 6.31. The number of nitrogens with one attached hydrogen (secondary N) is 1. The quantitative estimate of drug-likeness (QED) is 0.604. The van der Waals surface area contributed by atoms with Crippen LogP contribution in [0.5, 0.6) is 11.5 Å². The first-order chi connectivity index (χ1) is 11.5. The highest BCUT2D eigenvalue weighted by Crippen LogP contribution is 2.36. The van der Waals surface area contributed by atoms with Gasteiger partial charge in [0.1, 0.15) is 0 Å². The molecule has 0 bridgehead atoms. The van der Waals surface area contributed by atoms with Crippen LogP contribution in [0.15, 0.2) is 46.2 Å². The third kappa shape index (κ3) is 4.79. The smallest absolute Gasteiger partial charge is 0.272 e. The van der Waals surface area contributed by atoms with Gasteiger partial charge in [-0.25, -0.2) is 5.43 Å². The molecular formula is C17H18BrN3O3. The van der Waals surface area contributed by atoms with Crippen molar-refractivity contribution in [1.29, 1.82) is 0 Å². The third-order valence-electron chi connectivity index (χ3n) is 2.91. The maximum Gasteiger partial charge on any atom is 0.272 e. The number of carbonyl (C=O) groups is 1. The molecule has 0 spiro atoms. The van der Waals surface area contributed by atoms with Crippen molar-refractivity contribution in [3.8, 4) is 11.5 Å². The number of ether oxygens (including phenoxy) is 2. The molecule has 24 heavy (non-hydrogen) atoms. The van der Waals surface area contributed by atoms with Crippen molar-refractivity contribution >= 4 is 28.1 Å². The molecule has 0 aliphatic heterocycles. The zero-order chi connectivity index (χ0) is 17.5. The zero-order valence-electron chi connectivity index (χ0n) is 13.6. The molecule has 1 heterocycles. The monoisotopic (exact) mass is 391 g/mol. The van der Waals surface area contributed by atoms with Gasteiger partial charge < -0.3 is 9.47 Å². The second-order valence-corrected chi connectivity index (χ2v) is 6.00. The standard InChI is InChI=1S/C17H18BrN3O3/c1-11(2)24-16-14(18)7-12(8-15(16)23-3)9-20-21-17(22)13-5-4-6-19-10-13/h4-11H,1-3H3,(H,21,22)/b20-9-. The number of amides is 1. The minimum absolute atomic E-state index is 0.0217. The number of nitrogens with zero attached hydrogens (tertiary/aromatic N) is 2. The van der Waals surface area contributed by atoms with Crippen LogP contribution in [0.1, 0.15) is 29.8 Å². The van der Waals surface area contributed by atoms with Crippen LogP contribution in [-0.2, 0) is 0 Å². The highest BCUT2D eigenvalue weighted by atomic mass is 79.9. The van der Waals surface area contributed by atoms with Crippen molar-refractivity contribution in [2.75, 3.05) is 7.11 Å². The van der Waals surface area contributed by atoms with Crippen LogP contribution in [0.4, 0.5) is 0 Å². The van der Waals surface area contributed by atoms with E-state index in [2.05, 4.69) is 31.4 Å². The molecule has 0 aliphatic carbocycles. The number of aromatic nitrogens is 1. The molecule has 126 valence electrons. The van der Waals surface area contributed by atoms with Gasteiger partial charge in [0.25, 0.3) is 5.91 Å². The lowest BCUT2D eigenvalue weighted by Crippen LogP contribution is -2.17. The molecule has 1 N–H and O–H groups in total. The molecule has 1 amide bonds. The predicted octanol–water partition coefficient (Wildman–Crippen LogP) is 3.40. The molecule has 1 aromatic heterocycles. The third-order valence-corrected chi connectivity index (χ3v) is 3.50. The van der Waals surface area contributed by atoms with Crippen LogP contribution >= 0.6 is 15.9 Å². The number of pyridine rings is 1. The summed E-state index contributed by atoms with van der Waals surface area (Å²) in [5.74, 6) is 0.882. The van der Waals surface area contributed by atoms with E-state index < -0.39 is 0 Å². The molecule has 1 aromatic carbocycles. The van der Waals surface area contributed by atoms with Gasteiger partial charge in [-0.15, -0.1) is 0 Å².